The molecule has 0 radical (unpaired) electrons. The lowest BCUT2D eigenvalue weighted by Crippen LogP contribution is -2.32. The highest BCUT2D eigenvalue weighted by Gasteiger charge is 2.19. The molecule has 2 rings (SSSR count). The van der Waals surface area contributed by atoms with Crippen molar-refractivity contribution < 1.29 is 19.4 Å². The number of carbonyl (C=O) groups excluding carboxylic acids is 1. The van der Waals surface area contributed by atoms with Gasteiger partial charge in [-0.1, -0.05) is 31.2 Å². The SMILES string of the molecule is CCc1ccc(-c2cc(C(=O)O)c(=O)n(CC(=O)OC(C)(C)C)c2)cc1. The molecule has 0 aliphatic carbocycles. The second-order valence-electron chi connectivity index (χ2n) is 7.02. The Bertz CT molecular complexity index is 873. The molecule has 1 aromatic heterocycles. The highest BCUT2D eigenvalue weighted by Crippen LogP contribution is 2.20. The van der Waals surface area contributed by atoms with E-state index in [1.807, 2.05) is 31.2 Å². The number of esters is 1. The predicted molar refractivity (Wildman–Crippen MR) is 98.3 cm³/mol. The average molecular weight is 357 g/mol. The summed E-state index contributed by atoms with van der Waals surface area (Å²) >= 11 is 0. The molecule has 26 heavy (non-hydrogen) atoms. The molecule has 0 saturated carbocycles. The van der Waals surface area contributed by atoms with Crippen molar-refractivity contribution >= 4 is 11.9 Å². The maximum Gasteiger partial charge on any atom is 0.341 e. The molecule has 0 atom stereocenters. The normalized spacial score (nSPS) is 11.2. The standard InChI is InChI=1S/C20H23NO5/c1-5-13-6-8-14(9-7-13)15-10-16(19(24)25)18(23)21(11-15)12-17(22)26-20(2,3)4/h6-11H,5,12H2,1-4H3,(H,24,25). The Morgan fingerprint density at radius 2 is 1.73 bits per heavy atom. The zero-order valence-electron chi connectivity index (χ0n) is 15.4. The number of rotatable bonds is 5. The summed E-state index contributed by atoms with van der Waals surface area (Å²) in [5, 5.41) is 9.33. The number of carboxylic acids is 1. The van der Waals surface area contributed by atoms with Crippen LogP contribution < -0.4 is 5.56 Å². The molecule has 2 aromatic rings. The molecule has 0 aliphatic heterocycles. The molecule has 1 N–H and O–H groups in total. The molecule has 1 heterocycles. The number of carboxylic acid groups (broad SMARTS) is 1. The molecule has 6 heteroatoms. The zero-order chi connectivity index (χ0) is 19.5. The number of hydrogen-bond acceptors (Lipinski definition) is 4. The fourth-order valence-corrected chi connectivity index (χ4v) is 2.51. The highest BCUT2D eigenvalue weighted by atomic mass is 16.6. The summed E-state index contributed by atoms with van der Waals surface area (Å²) in [5.41, 5.74) is 0.650. The number of aryl methyl sites for hydroxylation is 1. The molecule has 0 aliphatic rings. The zero-order valence-corrected chi connectivity index (χ0v) is 15.4. The van der Waals surface area contributed by atoms with E-state index in [0.717, 1.165) is 22.1 Å². The van der Waals surface area contributed by atoms with Crippen LogP contribution in [0, 0.1) is 0 Å². The van der Waals surface area contributed by atoms with E-state index >= 15 is 0 Å². The van der Waals surface area contributed by atoms with E-state index < -0.39 is 23.1 Å². The summed E-state index contributed by atoms with van der Waals surface area (Å²) < 4.78 is 6.31. The van der Waals surface area contributed by atoms with E-state index in [2.05, 4.69) is 0 Å². The van der Waals surface area contributed by atoms with Crippen LogP contribution in [0.4, 0.5) is 0 Å². The Labute approximate surface area is 152 Å². The number of pyridine rings is 1. The second-order valence-corrected chi connectivity index (χ2v) is 7.02. The van der Waals surface area contributed by atoms with Crippen molar-refractivity contribution in [2.45, 2.75) is 46.3 Å². The molecule has 0 saturated heterocycles. The van der Waals surface area contributed by atoms with Gasteiger partial charge in [-0.25, -0.2) is 4.79 Å². The van der Waals surface area contributed by atoms with Crippen LogP contribution in [-0.2, 0) is 22.5 Å². The summed E-state index contributed by atoms with van der Waals surface area (Å²) in [5.74, 6) is -1.94. The molecule has 0 fully saturated rings. The molecule has 138 valence electrons. The number of aromatic carboxylic acids is 1. The quantitative estimate of drug-likeness (QED) is 0.831. The summed E-state index contributed by atoms with van der Waals surface area (Å²) in [4.78, 5) is 35.9. The highest BCUT2D eigenvalue weighted by molar-refractivity contribution is 5.89. The van der Waals surface area contributed by atoms with E-state index in [1.165, 1.54) is 12.3 Å². The average Bonchev–Trinajstić information content (AvgIpc) is 2.54. The molecular weight excluding hydrogens is 334 g/mol. The van der Waals surface area contributed by atoms with Crippen molar-refractivity contribution in [3.05, 3.63) is 58.0 Å². The minimum Gasteiger partial charge on any atom is -0.477 e. The number of hydrogen-bond donors (Lipinski definition) is 1. The van der Waals surface area contributed by atoms with E-state index in [4.69, 9.17) is 4.74 Å². The van der Waals surface area contributed by atoms with Gasteiger partial charge in [0, 0.05) is 6.20 Å². The third-order valence-electron chi connectivity index (χ3n) is 3.73. The van der Waals surface area contributed by atoms with E-state index in [9.17, 15) is 19.5 Å². The lowest BCUT2D eigenvalue weighted by atomic mass is 10.0. The van der Waals surface area contributed by atoms with Crippen molar-refractivity contribution in [3.8, 4) is 11.1 Å². The number of nitrogens with zero attached hydrogens (tertiary/aromatic N) is 1. The molecule has 0 spiro atoms. The number of aromatic nitrogens is 1. The maximum atomic E-state index is 12.4. The Morgan fingerprint density at radius 1 is 1.12 bits per heavy atom. The first kappa shape index (κ1) is 19.4. The van der Waals surface area contributed by atoms with E-state index in [1.54, 1.807) is 20.8 Å². The van der Waals surface area contributed by atoms with Crippen molar-refractivity contribution in [1.82, 2.24) is 4.57 Å². The van der Waals surface area contributed by atoms with Crippen LogP contribution in [0.15, 0.2) is 41.3 Å². The first-order valence-corrected chi connectivity index (χ1v) is 8.39. The number of ether oxygens (including phenoxy) is 1. The Balaban J connectivity index is 2.47. The minimum absolute atomic E-state index is 0.350. The minimum atomic E-state index is -1.33. The summed E-state index contributed by atoms with van der Waals surface area (Å²) in [6.07, 6.45) is 2.37. The van der Waals surface area contributed by atoms with Gasteiger partial charge in [-0.05, 0) is 49.9 Å². The Morgan fingerprint density at radius 3 is 2.23 bits per heavy atom. The first-order chi connectivity index (χ1) is 12.1. The molecule has 1 aromatic carbocycles. The van der Waals surface area contributed by atoms with Crippen molar-refractivity contribution in [2.75, 3.05) is 0 Å². The van der Waals surface area contributed by atoms with Gasteiger partial charge in [-0.15, -0.1) is 0 Å². The number of carbonyl (C=O) groups is 2. The number of benzene rings is 1. The second kappa shape index (κ2) is 7.56. The van der Waals surface area contributed by atoms with Gasteiger partial charge in [0.2, 0.25) is 0 Å². The molecule has 0 unspecified atom stereocenters. The van der Waals surface area contributed by atoms with Crippen LogP contribution in [0.3, 0.4) is 0 Å². The molecular formula is C20H23NO5. The van der Waals surface area contributed by atoms with Crippen LogP contribution in [0.25, 0.3) is 11.1 Å². The maximum absolute atomic E-state index is 12.4. The van der Waals surface area contributed by atoms with Gasteiger partial charge >= 0.3 is 11.9 Å². The largest absolute Gasteiger partial charge is 0.477 e. The Kier molecular flexibility index (Phi) is 5.65. The van der Waals surface area contributed by atoms with Crippen molar-refractivity contribution in [3.63, 3.8) is 0 Å². The molecule has 0 bridgehead atoms. The van der Waals surface area contributed by atoms with Crippen molar-refractivity contribution in [2.24, 2.45) is 0 Å². The summed E-state index contributed by atoms with van der Waals surface area (Å²) in [6.45, 7) is 6.86. The lowest BCUT2D eigenvalue weighted by molar-refractivity contribution is -0.155. The Hall–Kier alpha value is -2.89. The summed E-state index contributed by atoms with van der Waals surface area (Å²) in [6, 6.07) is 8.94. The van der Waals surface area contributed by atoms with Crippen LogP contribution in [-0.4, -0.2) is 27.2 Å². The van der Waals surface area contributed by atoms with Crippen LogP contribution >= 0.6 is 0 Å². The fraction of sp³-hybridized carbons (Fsp3) is 0.350. The third kappa shape index (κ3) is 4.81. The predicted octanol–water partition coefficient (Wildman–Crippen LogP) is 3.12. The molecule has 0 amide bonds. The van der Waals surface area contributed by atoms with Gasteiger partial charge in [0.15, 0.2) is 0 Å². The van der Waals surface area contributed by atoms with Gasteiger partial charge < -0.3 is 14.4 Å². The van der Waals surface area contributed by atoms with Crippen molar-refractivity contribution in [1.29, 1.82) is 0 Å². The smallest absolute Gasteiger partial charge is 0.341 e. The van der Waals surface area contributed by atoms with Gasteiger partial charge in [0.05, 0.1) is 0 Å². The van der Waals surface area contributed by atoms with Gasteiger partial charge in [-0.2, -0.15) is 0 Å². The fourth-order valence-electron chi connectivity index (χ4n) is 2.51. The van der Waals surface area contributed by atoms with Gasteiger partial charge in [-0.3, -0.25) is 9.59 Å². The van der Waals surface area contributed by atoms with Gasteiger partial charge in [0.1, 0.15) is 17.7 Å². The third-order valence-corrected chi connectivity index (χ3v) is 3.73. The first-order valence-electron chi connectivity index (χ1n) is 8.39. The van der Waals surface area contributed by atoms with E-state index in [-0.39, 0.29) is 12.1 Å². The molecule has 6 nitrogen and oxygen atoms in total. The van der Waals surface area contributed by atoms with Crippen LogP contribution in [0.1, 0.15) is 43.6 Å². The monoisotopic (exact) mass is 357 g/mol. The van der Waals surface area contributed by atoms with Crippen LogP contribution in [0.5, 0.6) is 0 Å². The van der Waals surface area contributed by atoms with Gasteiger partial charge in [0.25, 0.3) is 5.56 Å². The van der Waals surface area contributed by atoms with E-state index in [0.29, 0.717) is 5.56 Å². The summed E-state index contributed by atoms with van der Waals surface area (Å²) in [7, 11) is 0. The lowest BCUT2D eigenvalue weighted by Gasteiger charge is -2.20. The topological polar surface area (TPSA) is 85.6 Å². The van der Waals surface area contributed by atoms with Crippen LogP contribution in [0.2, 0.25) is 0 Å².